The SMILES string of the molecule is CCN(CC)C(=O)C(C)OC1CCC(C)NC1. The second-order valence-electron chi connectivity index (χ2n) is 4.80. The fourth-order valence-electron chi connectivity index (χ4n) is 2.23. The van der Waals surface area contributed by atoms with Crippen molar-refractivity contribution in [2.75, 3.05) is 19.6 Å². The number of amides is 1. The van der Waals surface area contributed by atoms with Gasteiger partial charge < -0.3 is 15.0 Å². The minimum Gasteiger partial charge on any atom is -0.364 e. The lowest BCUT2D eigenvalue weighted by molar-refractivity contribution is -0.146. The molecule has 1 aliphatic heterocycles. The summed E-state index contributed by atoms with van der Waals surface area (Å²) in [7, 11) is 0. The molecule has 4 nitrogen and oxygen atoms in total. The Morgan fingerprint density at radius 3 is 2.53 bits per heavy atom. The highest BCUT2D eigenvalue weighted by Gasteiger charge is 2.25. The first-order valence-electron chi connectivity index (χ1n) is 6.76. The zero-order valence-electron chi connectivity index (χ0n) is 11.5. The predicted octanol–water partition coefficient (Wildman–Crippen LogP) is 1.40. The van der Waals surface area contributed by atoms with Crippen LogP contribution in [0.25, 0.3) is 0 Å². The Labute approximate surface area is 105 Å². The fraction of sp³-hybridized carbons (Fsp3) is 0.923. The summed E-state index contributed by atoms with van der Waals surface area (Å²) in [6, 6.07) is 0.573. The number of nitrogens with zero attached hydrogens (tertiary/aromatic N) is 1. The highest BCUT2D eigenvalue weighted by atomic mass is 16.5. The minimum absolute atomic E-state index is 0.105. The predicted molar refractivity (Wildman–Crippen MR) is 69.0 cm³/mol. The molecule has 0 aliphatic carbocycles. The van der Waals surface area contributed by atoms with Gasteiger partial charge in [-0.05, 0) is 40.5 Å². The summed E-state index contributed by atoms with van der Waals surface area (Å²) in [6.07, 6.45) is 2.02. The molecular formula is C13H26N2O2. The summed E-state index contributed by atoms with van der Waals surface area (Å²) in [6.45, 7) is 10.4. The van der Waals surface area contributed by atoms with Crippen molar-refractivity contribution < 1.29 is 9.53 Å². The first-order chi connectivity index (χ1) is 8.08. The number of likely N-dealkylation sites (N-methyl/N-ethyl adjacent to an activating group) is 1. The number of piperidine rings is 1. The summed E-state index contributed by atoms with van der Waals surface area (Å²) < 4.78 is 5.83. The number of nitrogens with one attached hydrogen (secondary N) is 1. The van der Waals surface area contributed by atoms with Gasteiger partial charge in [-0.1, -0.05) is 0 Å². The molecule has 3 unspecified atom stereocenters. The number of rotatable bonds is 5. The van der Waals surface area contributed by atoms with Crippen LogP contribution in [0.15, 0.2) is 0 Å². The number of ether oxygens (including phenoxy) is 1. The Kier molecular flexibility index (Phi) is 5.92. The first kappa shape index (κ1) is 14.5. The Morgan fingerprint density at radius 2 is 2.06 bits per heavy atom. The van der Waals surface area contributed by atoms with Crippen molar-refractivity contribution in [1.29, 1.82) is 0 Å². The third-order valence-electron chi connectivity index (χ3n) is 3.44. The van der Waals surface area contributed by atoms with Gasteiger partial charge in [-0.2, -0.15) is 0 Å². The Morgan fingerprint density at radius 1 is 1.41 bits per heavy atom. The first-order valence-corrected chi connectivity index (χ1v) is 6.76. The zero-order valence-corrected chi connectivity index (χ0v) is 11.5. The van der Waals surface area contributed by atoms with E-state index in [2.05, 4.69) is 12.2 Å². The second kappa shape index (κ2) is 6.97. The maximum Gasteiger partial charge on any atom is 0.251 e. The van der Waals surface area contributed by atoms with Gasteiger partial charge >= 0.3 is 0 Å². The van der Waals surface area contributed by atoms with Gasteiger partial charge in [0.25, 0.3) is 5.91 Å². The van der Waals surface area contributed by atoms with E-state index in [4.69, 9.17) is 4.74 Å². The quantitative estimate of drug-likeness (QED) is 0.792. The molecule has 0 bridgehead atoms. The third-order valence-corrected chi connectivity index (χ3v) is 3.44. The van der Waals surface area contributed by atoms with Gasteiger partial charge in [-0.3, -0.25) is 4.79 Å². The number of hydrogen-bond acceptors (Lipinski definition) is 3. The highest BCUT2D eigenvalue weighted by molar-refractivity contribution is 5.80. The van der Waals surface area contributed by atoms with Gasteiger partial charge in [0, 0.05) is 25.7 Å². The molecule has 1 rings (SSSR count). The van der Waals surface area contributed by atoms with E-state index in [1.807, 2.05) is 25.7 Å². The summed E-state index contributed by atoms with van der Waals surface area (Å²) in [5, 5.41) is 3.38. The zero-order chi connectivity index (χ0) is 12.8. The van der Waals surface area contributed by atoms with E-state index in [-0.39, 0.29) is 18.1 Å². The Balaban J connectivity index is 2.37. The van der Waals surface area contributed by atoms with Crippen molar-refractivity contribution in [2.45, 2.75) is 58.8 Å². The van der Waals surface area contributed by atoms with E-state index in [0.717, 1.165) is 32.5 Å². The molecule has 1 aliphatic rings. The molecular weight excluding hydrogens is 216 g/mol. The largest absolute Gasteiger partial charge is 0.364 e. The third kappa shape index (κ3) is 4.28. The van der Waals surface area contributed by atoms with E-state index < -0.39 is 0 Å². The van der Waals surface area contributed by atoms with Crippen LogP contribution in [0, 0.1) is 0 Å². The molecule has 1 amide bonds. The molecule has 1 N–H and O–H groups in total. The van der Waals surface area contributed by atoms with Crippen molar-refractivity contribution in [1.82, 2.24) is 10.2 Å². The van der Waals surface area contributed by atoms with Gasteiger partial charge in [-0.15, -0.1) is 0 Å². The molecule has 0 radical (unpaired) electrons. The van der Waals surface area contributed by atoms with Crippen molar-refractivity contribution in [3.63, 3.8) is 0 Å². The average Bonchev–Trinajstić information content (AvgIpc) is 2.33. The molecule has 4 heteroatoms. The fourth-order valence-corrected chi connectivity index (χ4v) is 2.23. The summed E-state index contributed by atoms with van der Waals surface area (Å²) in [5.74, 6) is 0.105. The van der Waals surface area contributed by atoms with Crippen LogP contribution in [0.3, 0.4) is 0 Å². The highest BCUT2D eigenvalue weighted by Crippen LogP contribution is 2.13. The van der Waals surface area contributed by atoms with Gasteiger partial charge in [0.1, 0.15) is 6.10 Å². The summed E-state index contributed by atoms with van der Waals surface area (Å²) in [5.41, 5.74) is 0. The van der Waals surface area contributed by atoms with Crippen molar-refractivity contribution in [3.8, 4) is 0 Å². The normalized spacial score (nSPS) is 26.6. The van der Waals surface area contributed by atoms with E-state index in [0.29, 0.717) is 6.04 Å². The molecule has 1 heterocycles. The van der Waals surface area contributed by atoms with Crippen molar-refractivity contribution in [3.05, 3.63) is 0 Å². The van der Waals surface area contributed by atoms with Crippen LogP contribution in [0.2, 0.25) is 0 Å². The van der Waals surface area contributed by atoms with Crippen LogP contribution in [0.1, 0.15) is 40.5 Å². The number of carbonyl (C=O) groups excluding carboxylic acids is 1. The van der Waals surface area contributed by atoms with Crippen LogP contribution < -0.4 is 5.32 Å². The number of hydrogen-bond donors (Lipinski definition) is 1. The van der Waals surface area contributed by atoms with E-state index in [1.165, 1.54) is 0 Å². The van der Waals surface area contributed by atoms with Crippen LogP contribution >= 0.6 is 0 Å². The Bertz CT molecular complexity index is 234. The van der Waals surface area contributed by atoms with Crippen LogP contribution in [0.5, 0.6) is 0 Å². The Hall–Kier alpha value is -0.610. The smallest absolute Gasteiger partial charge is 0.251 e. The van der Waals surface area contributed by atoms with Crippen LogP contribution in [-0.2, 0) is 9.53 Å². The van der Waals surface area contributed by atoms with Crippen LogP contribution in [-0.4, -0.2) is 48.7 Å². The topological polar surface area (TPSA) is 41.6 Å². The standard InChI is InChI=1S/C13H26N2O2/c1-5-15(6-2)13(16)11(4)17-12-8-7-10(3)14-9-12/h10-12,14H,5-9H2,1-4H3. The molecule has 0 aromatic rings. The molecule has 17 heavy (non-hydrogen) atoms. The van der Waals surface area contributed by atoms with Crippen molar-refractivity contribution >= 4 is 5.91 Å². The summed E-state index contributed by atoms with van der Waals surface area (Å²) in [4.78, 5) is 13.8. The molecule has 0 aromatic heterocycles. The lowest BCUT2D eigenvalue weighted by atomic mass is 10.0. The van der Waals surface area contributed by atoms with Crippen molar-refractivity contribution in [2.24, 2.45) is 0 Å². The molecule has 1 fully saturated rings. The monoisotopic (exact) mass is 242 g/mol. The maximum atomic E-state index is 12.0. The molecule has 100 valence electrons. The molecule has 0 spiro atoms. The van der Waals surface area contributed by atoms with Gasteiger partial charge in [0.15, 0.2) is 0 Å². The maximum absolute atomic E-state index is 12.0. The van der Waals surface area contributed by atoms with E-state index in [1.54, 1.807) is 0 Å². The molecule has 0 aromatic carbocycles. The van der Waals surface area contributed by atoms with Gasteiger partial charge in [-0.25, -0.2) is 0 Å². The molecule has 1 saturated heterocycles. The number of carbonyl (C=O) groups is 1. The van der Waals surface area contributed by atoms with Gasteiger partial charge in [0.05, 0.1) is 6.10 Å². The van der Waals surface area contributed by atoms with E-state index >= 15 is 0 Å². The lowest BCUT2D eigenvalue weighted by Crippen LogP contribution is -2.45. The second-order valence-corrected chi connectivity index (χ2v) is 4.80. The lowest BCUT2D eigenvalue weighted by Gasteiger charge is -2.31. The molecule has 3 atom stereocenters. The van der Waals surface area contributed by atoms with E-state index in [9.17, 15) is 4.79 Å². The summed E-state index contributed by atoms with van der Waals surface area (Å²) >= 11 is 0. The van der Waals surface area contributed by atoms with Crippen LogP contribution in [0.4, 0.5) is 0 Å². The van der Waals surface area contributed by atoms with Gasteiger partial charge in [0.2, 0.25) is 0 Å². The minimum atomic E-state index is -0.324. The molecule has 0 saturated carbocycles. The average molecular weight is 242 g/mol.